The first-order chi connectivity index (χ1) is 15.7. The minimum atomic E-state index is -0.283. The van der Waals surface area contributed by atoms with Crippen LogP contribution >= 0.6 is 0 Å². The van der Waals surface area contributed by atoms with E-state index in [4.69, 9.17) is 4.74 Å². The lowest BCUT2D eigenvalue weighted by Crippen LogP contribution is -2.34. The molecule has 3 aromatic rings. The molecule has 0 aliphatic heterocycles. The molecule has 0 N–H and O–H groups in total. The van der Waals surface area contributed by atoms with Crippen molar-refractivity contribution in [3.63, 3.8) is 0 Å². The molecule has 0 radical (unpaired) electrons. The average molecular weight is 443 g/mol. The number of carbonyl (C=O) groups excluding carboxylic acids is 1. The topological polar surface area (TPSA) is 44.1 Å². The van der Waals surface area contributed by atoms with Gasteiger partial charge in [0.15, 0.2) is 0 Å². The number of rotatable bonds is 6. The number of fused-ring (bicyclic) bond motifs is 1. The molecule has 172 valence electrons. The molecule has 0 spiro atoms. The van der Waals surface area contributed by atoms with Crippen molar-refractivity contribution in [3.8, 4) is 0 Å². The van der Waals surface area contributed by atoms with Crippen LogP contribution < -0.4 is 0 Å². The molecule has 0 amide bonds. The highest BCUT2D eigenvalue weighted by Crippen LogP contribution is 2.46. The van der Waals surface area contributed by atoms with Gasteiger partial charge in [-0.25, -0.2) is 4.79 Å². The van der Waals surface area contributed by atoms with Gasteiger partial charge >= 0.3 is 5.97 Å². The summed E-state index contributed by atoms with van der Waals surface area (Å²) in [5, 5.41) is 4.44. The number of hydrogen-bond donors (Lipinski definition) is 0. The lowest BCUT2D eigenvalue weighted by molar-refractivity contribution is 0.0526. The first-order valence-electron chi connectivity index (χ1n) is 11.8. The number of nitrogens with zero attached hydrogens (tertiary/aromatic N) is 2. The summed E-state index contributed by atoms with van der Waals surface area (Å²) in [5.74, 6) is -0.283. The van der Waals surface area contributed by atoms with E-state index < -0.39 is 0 Å². The van der Waals surface area contributed by atoms with Crippen LogP contribution in [-0.2, 0) is 22.1 Å². The number of carbonyl (C=O) groups is 1. The van der Waals surface area contributed by atoms with Crippen molar-refractivity contribution in [1.82, 2.24) is 9.78 Å². The van der Waals surface area contributed by atoms with Gasteiger partial charge in [-0.2, -0.15) is 5.10 Å². The summed E-state index contributed by atoms with van der Waals surface area (Å²) in [6.07, 6.45) is 10.5. The van der Waals surface area contributed by atoms with Crippen molar-refractivity contribution in [3.05, 3.63) is 88.2 Å². The molecule has 1 heterocycles. The monoisotopic (exact) mass is 442 g/mol. The summed E-state index contributed by atoms with van der Waals surface area (Å²) >= 11 is 0. The molecular formula is C29H34N2O2. The molecule has 0 saturated heterocycles. The second-order valence-electron chi connectivity index (χ2n) is 10.2. The molecule has 1 aromatic heterocycles. The van der Waals surface area contributed by atoms with E-state index >= 15 is 0 Å². The van der Waals surface area contributed by atoms with Crippen LogP contribution in [0.4, 0.5) is 0 Å². The number of ether oxygens (including phenoxy) is 1. The fourth-order valence-electron chi connectivity index (χ4n) is 4.67. The third-order valence-corrected chi connectivity index (χ3v) is 6.88. The zero-order valence-corrected chi connectivity index (χ0v) is 20.4. The van der Waals surface area contributed by atoms with Gasteiger partial charge < -0.3 is 4.74 Å². The molecule has 0 bridgehead atoms. The quantitative estimate of drug-likeness (QED) is 0.318. The third-order valence-electron chi connectivity index (χ3n) is 6.88. The van der Waals surface area contributed by atoms with Gasteiger partial charge in [0, 0.05) is 12.4 Å². The maximum absolute atomic E-state index is 11.9. The standard InChI is InChI=1S/C29H34N2O2/c1-6-33-27(32)22-11-8-21(9-12-22)10-13-23-18-25-26(29(4,5)15-14-28(25,2)3)19-24(23)20-31-17-7-16-30-31/h7-13,16-19H,6,14-15,20H2,1-5H3/b13-10+. The second kappa shape index (κ2) is 9.01. The van der Waals surface area contributed by atoms with Crippen LogP contribution in [0.2, 0.25) is 0 Å². The highest BCUT2D eigenvalue weighted by molar-refractivity contribution is 5.89. The SMILES string of the molecule is CCOC(=O)c1ccc(/C=C/c2cc3c(cc2Cn2cccn2)C(C)(C)CCC3(C)C)cc1. The Balaban J connectivity index is 1.72. The molecule has 0 saturated carbocycles. The van der Waals surface area contributed by atoms with Crippen molar-refractivity contribution in [2.75, 3.05) is 6.61 Å². The molecule has 4 rings (SSSR count). The van der Waals surface area contributed by atoms with Crippen molar-refractivity contribution < 1.29 is 9.53 Å². The Kier molecular flexibility index (Phi) is 6.29. The molecule has 4 heteroatoms. The fraction of sp³-hybridized carbons (Fsp3) is 0.379. The van der Waals surface area contributed by atoms with Crippen molar-refractivity contribution in [1.29, 1.82) is 0 Å². The largest absolute Gasteiger partial charge is 0.462 e. The van der Waals surface area contributed by atoms with E-state index in [-0.39, 0.29) is 16.8 Å². The first kappa shape index (κ1) is 23.0. The minimum Gasteiger partial charge on any atom is -0.462 e. The molecular weight excluding hydrogens is 408 g/mol. The normalized spacial score (nSPS) is 16.5. The summed E-state index contributed by atoms with van der Waals surface area (Å²) in [6, 6.07) is 14.3. The molecule has 2 aromatic carbocycles. The van der Waals surface area contributed by atoms with Crippen LogP contribution in [0.3, 0.4) is 0 Å². The van der Waals surface area contributed by atoms with E-state index in [0.29, 0.717) is 12.2 Å². The maximum atomic E-state index is 11.9. The maximum Gasteiger partial charge on any atom is 0.338 e. The zero-order chi connectivity index (χ0) is 23.6. The number of hydrogen-bond acceptors (Lipinski definition) is 3. The Morgan fingerprint density at radius 1 is 1.03 bits per heavy atom. The second-order valence-corrected chi connectivity index (χ2v) is 10.2. The van der Waals surface area contributed by atoms with Gasteiger partial charge in [-0.1, -0.05) is 64.1 Å². The Morgan fingerprint density at radius 3 is 2.30 bits per heavy atom. The Morgan fingerprint density at radius 2 is 1.70 bits per heavy atom. The van der Waals surface area contributed by atoms with Crippen LogP contribution in [0, 0.1) is 0 Å². The van der Waals surface area contributed by atoms with Crippen molar-refractivity contribution >= 4 is 18.1 Å². The zero-order valence-electron chi connectivity index (χ0n) is 20.4. The Hall–Kier alpha value is -3.14. The van der Waals surface area contributed by atoms with Crippen LogP contribution in [0.15, 0.2) is 54.9 Å². The van der Waals surface area contributed by atoms with Gasteiger partial charge in [0.1, 0.15) is 0 Å². The Labute approximate surface area is 197 Å². The van der Waals surface area contributed by atoms with Crippen LogP contribution in [-0.4, -0.2) is 22.4 Å². The van der Waals surface area contributed by atoms with E-state index in [9.17, 15) is 4.79 Å². The van der Waals surface area contributed by atoms with Crippen molar-refractivity contribution in [2.45, 2.75) is 64.8 Å². The van der Waals surface area contributed by atoms with E-state index in [1.54, 1.807) is 0 Å². The minimum absolute atomic E-state index is 0.152. The molecule has 1 aliphatic carbocycles. The summed E-state index contributed by atoms with van der Waals surface area (Å²) in [6.45, 7) is 12.4. The van der Waals surface area contributed by atoms with Gasteiger partial charge in [-0.3, -0.25) is 4.68 Å². The van der Waals surface area contributed by atoms with Gasteiger partial charge in [-0.15, -0.1) is 0 Å². The predicted octanol–water partition coefficient (Wildman–Crippen LogP) is 6.63. The fourth-order valence-corrected chi connectivity index (χ4v) is 4.67. The lowest BCUT2D eigenvalue weighted by atomic mass is 9.62. The molecule has 33 heavy (non-hydrogen) atoms. The van der Waals surface area contributed by atoms with Gasteiger partial charge in [0.25, 0.3) is 0 Å². The van der Waals surface area contributed by atoms with Crippen LogP contribution in [0.1, 0.15) is 85.6 Å². The Bertz CT molecular complexity index is 1150. The average Bonchev–Trinajstić information content (AvgIpc) is 3.29. The van der Waals surface area contributed by atoms with E-state index in [1.807, 2.05) is 54.3 Å². The molecule has 0 atom stereocenters. The molecule has 1 aliphatic rings. The smallest absolute Gasteiger partial charge is 0.338 e. The lowest BCUT2D eigenvalue weighted by Gasteiger charge is -2.42. The highest BCUT2D eigenvalue weighted by atomic mass is 16.5. The number of aromatic nitrogens is 2. The van der Waals surface area contributed by atoms with Gasteiger partial charge in [0.2, 0.25) is 0 Å². The molecule has 0 unspecified atom stereocenters. The summed E-state index contributed by atoms with van der Waals surface area (Å²) < 4.78 is 7.07. The van der Waals surface area contributed by atoms with E-state index in [0.717, 1.165) is 12.1 Å². The molecule has 0 fully saturated rings. The highest BCUT2D eigenvalue weighted by Gasteiger charge is 2.37. The summed E-state index contributed by atoms with van der Waals surface area (Å²) in [7, 11) is 0. The number of esters is 1. The first-order valence-corrected chi connectivity index (χ1v) is 11.8. The van der Waals surface area contributed by atoms with Crippen LogP contribution in [0.5, 0.6) is 0 Å². The van der Waals surface area contributed by atoms with E-state index in [1.165, 1.54) is 35.1 Å². The van der Waals surface area contributed by atoms with Crippen molar-refractivity contribution in [2.24, 2.45) is 0 Å². The molecule has 4 nitrogen and oxygen atoms in total. The van der Waals surface area contributed by atoms with Gasteiger partial charge in [0.05, 0.1) is 18.7 Å². The van der Waals surface area contributed by atoms with E-state index in [2.05, 4.69) is 57.1 Å². The van der Waals surface area contributed by atoms with Crippen LogP contribution in [0.25, 0.3) is 12.2 Å². The van der Waals surface area contributed by atoms with Gasteiger partial charge in [-0.05, 0) is 76.6 Å². The summed E-state index contributed by atoms with van der Waals surface area (Å²) in [4.78, 5) is 11.9. The summed E-state index contributed by atoms with van der Waals surface area (Å²) in [5.41, 5.74) is 7.31. The third kappa shape index (κ3) is 4.95. The number of benzene rings is 2. The predicted molar refractivity (Wildman–Crippen MR) is 134 cm³/mol.